The van der Waals surface area contributed by atoms with Crippen molar-refractivity contribution in [3.05, 3.63) is 69.7 Å². The lowest BCUT2D eigenvalue weighted by molar-refractivity contribution is 0.245. The summed E-state index contributed by atoms with van der Waals surface area (Å²) in [4.78, 5) is 0. The average molecular weight is 377 g/mol. The second kappa shape index (κ2) is 7.87. The smallest absolute Gasteiger partial charge is 0.178 e. The Kier molecular flexibility index (Phi) is 5.58. The molecule has 0 saturated heterocycles. The van der Waals surface area contributed by atoms with Gasteiger partial charge in [0.1, 0.15) is 0 Å². The summed E-state index contributed by atoms with van der Waals surface area (Å²) in [5.41, 5.74) is 1.55. The van der Waals surface area contributed by atoms with Gasteiger partial charge in [0.2, 0.25) is 0 Å². The van der Waals surface area contributed by atoms with Crippen molar-refractivity contribution in [3.8, 4) is 0 Å². The van der Waals surface area contributed by atoms with Gasteiger partial charge in [-0.25, -0.2) is 10.0 Å². The molecule has 0 aromatic heterocycles. The molecule has 0 unspecified atom stereocenters. The molecule has 1 aliphatic rings. The molecular weight excluding hydrogens is 359 g/mol. The quantitative estimate of drug-likeness (QED) is 0.866. The molecule has 0 fully saturated rings. The molecule has 0 aliphatic carbocycles. The molecule has 1 heterocycles. The third kappa shape index (κ3) is 3.63. The topological polar surface area (TPSA) is 51.4 Å². The summed E-state index contributed by atoms with van der Waals surface area (Å²) in [6.45, 7) is 2.84. The number of halogens is 2. The molecule has 2 aromatic carbocycles. The van der Waals surface area contributed by atoms with Gasteiger partial charge >= 0.3 is 0 Å². The molecule has 0 radical (unpaired) electrons. The number of nitrogens with zero attached hydrogens (tertiary/aromatic N) is 4. The van der Waals surface area contributed by atoms with E-state index in [-0.39, 0.29) is 6.61 Å². The highest BCUT2D eigenvalue weighted by Crippen LogP contribution is 2.25. The zero-order chi connectivity index (χ0) is 17.8. The Morgan fingerprint density at radius 1 is 0.840 bits per heavy atom. The van der Waals surface area contributed by atoms with Gasteiger partial charge in [-0.1, -0.05) is 47.5 Å². The van der Waals surface area contributed by atoms with Crippen LogP contribution in [0.25, 0.3) is 0 Å². The number of aliphatic hydroxyl groups excluding tert-OH is 1. The van der Waals surface area contributed by atoms with Crippen LogP contribution in [0, 0.1) is 0 Å². The zero-order valence-electron chi connectivity index (χ0n) is 13.7. The summed E-state index contributed by atoms with van der Waals surface area (Å²) >= 11 is 12.7. The van der Waals surface area contributed by atoms with E-state index < -0.39 is 0 Å². The van der Waals surface area contributed by atoms with Crippen molar-refractivity contribution in [1.29, 1.82) is 0 Å². The molecule has 1 aliphatic heterocycles. The first-order chi connectivity index (χ1) is 12.2. The zero-order valence-corrected chi connectivity index (χ0v) is 15.2. The minimum atomic E-state index is -0.0606. The largest absolute Gasteiger partial charge is 0.394 e. The molecule has 0 amide bonds. The van der Waals surface area contributed by atoms with Crippen LogP contribution in [-0.4, -0.2) is 46.5 Å². The van der Waals surface area contributed by atoms with E-state index in [9.17, 15) is 5.11 Å². The third-order valence-corrected chi connectivity index (χ3v) is 4.42. The van der Waals surface area contributed by atoms with Crippen molar-refractivity contribution < 1.29 is 5.11 Å². The Balaban J connectivity index is 2.09. The first-order valence-corrected chi connectivity index (χ1v) is 8.74. The van der Waals surface area contributed by atoms with Crippen molar-refractivity contribution in [2.24, 2.45) is 10.2 Å². The number of hydrogen-bond donors (Lipinski definition) is 1. The van der Waals surface area contributed by atoms with E-state index in [1.807, 2.05) is 49.4 Å². The van der Waals surface area contributed by atoms with Crippen LogP contribution < -0.4 is 0 Å². The van der Waals surface area contributed by atoms with Crippen molar-refractivity contribution in [3.63, 3.8) is 0 Å². The van der Waals surface area contributed by atoms with E-state index in [0.717, 1.165) is 11.1 Å². The Hall–Kier alpha value is -2.08. The molecule has 1 N–H and O–H groups in total. The molecule has 0 bridgehead atoms. The van der Waals surface area contributed by atoms with E-state index in [0.29, 0.717) is 34.8 Å². The van der Waals surface area contributed by atoms with Gasteiger partial charge in [-0.3, -0.25) is 0 Å². The van der Waals surface area contributed by atoms with Gasteiger partial charge in [-0.15, -0.1) is 0 Å². The minimum Gasteiger partial charge on any atom is -0.394 e. The van der Waals surface area contributed by atoms with E-state index >= 15 is 0 Å². The van der Waals surface area contributed by atoms with Crippen LogP contribution in [0.15, 0.2) is 58.7 Å². The molecule has 7 heteroatoms. The van der Waals surface area contributed by atoms with Gasteiger partial charge in [0, 0.05) is 17.7 Å². The molecule has 0 spiro atoms. The summed E-state index contributed by atoms with van der Waals surface area (Å²) in [5, 5.41) is 23.5. The van der Waals surface area contributed by atoms with Gasteiger partial charge in [0.25, 0.3) is 0 Å². The number of benzene rings is 2. The standard InChI is InChI=1S/C18H18Cl2N4O/c1-2-23-17(13-7-3-5-9-15(13)19)22-24(11-12-25)18(21-23)14-8-4-6-10-16(14)20/h3-10,25H,2,11-12H2,1H3. The van der Waals surface area contributed by atoms with E-state index in [2.05, 4.69) is 0 Å². The van der Waals surface area contributed by atoms with Crippen LogP contribution >= 0.6 is 23.2 Å². The Morgan fingerprint density at radius 2 is 1.32 bits per heavy atom. The fraction of sp³-hybridized carbons (Fsp3) is 0.222. The van der Waals surface area contributed by atoms with Crippen LogP contribution in [0.3, 0.4) is 0 Å². The number of hydrogen-bond acceptors (Lipinski definition) is 5. The van der Waals surface area contributed by atoms with Crippen LogP contribution in [0.1, 0.15) is 18.1 Å². The molecule has 0 saturated carbocycles. The number of rotatable bonds is 5. The van der Waals surface area contributed by atoms with Gasteiger partial charge in [0.15, 0.2) is 11.7 Å². The third-order valence-electron chi connectivity index (χ3n) is 3.76. The van der Waals surface area contributed by atoms with Crippen LogP contribution in [0.4, 0.5) is 0 Å². The molecule has 130 valence electrons. The van der Waals surface area contributed by atoms with E-state index in [1.54, 1.807) is 16.1 Å². The van der Waals surface area contributed by atoms with Gasteiger partial charge < -0.3 is 5.11 Å². The maximum absolute atomic E-state index is 9.45. The molecule has 2 aromatic rings. The van der Waals surface area contributed by atoms with Gasteiger partial charge in [-0.05, 0) is 31.2 Å². The summed E-state index contributed by atoms with van der Waals surface area (Å²) < 4.78 is 0. The predicted molar refractivity (Wildman–Crippen MR) is 102 cm³/mol. The van der Waals surface area contributed by atoms with Crippen LogP contribution in [-0.2, 0) is 0 Å². The molecule has 3 rings (SSSR count). The highest BCUT2D eigenvalue weighted by Gasteiger charge is 2.26. The van der Waals surface area contributed by atoms with Gasteiger partial charge in [0.05, 0.1) is 23.2 Å². The fourth-order valence-corrected chi connectivity index (χ4v) is 3.01. The van der Waals surface area contributed by atoms with E-state index in [4.69, 9.17) is 33.4 Å². The number of aliphatic hydroxyl groups is 1. The van der Waals surface area contributed by atoms with Crippen molar-refractivity contribution in [1.82, 2.24) is 10.0 Å². The second-order valence-corrected chi connectivity index (χ2v) is 6.18. The van der Waals surface area contributed by atoms with Gasteiger partial charge in [-0.2, -0.15) is 10.2 Å². The molecule has 25 heavy (non-hydrogen) atoms. The van der Waals surface area contributed by atoms with Crippen LogP contribution in [0.5, 0.6) is 0 Å². The average Bonchev–Trinajstić information content (AvgIpc) is 2.63. The summed E-state index contributed by atoms with van der Waals surface area (Å²) in [5.74, 6) is 1.23. The maximum Gasteiger partial charge on any atom is 0.178 e. The Labute approximate surface area is 156 Å². The summed E-state index contributed by atoms with van der Waals surface area (Å²) in [6.07, 6.45) is 0. The summed E-state index contributed by atoms with van der Waals surface area (Å²) in [7, 11) is 0. The Morgan fingerprint density at radius 3 is 1.80 bits per heavy atom. The first-order valence-electron chi connectivity index (χ1n) is 7.98. The lowest BCUT2D eigenvalue weighted by Gasteiger charge is -2.32. The second-order valence-electron chi connectivity index (χ2n) is 5.37. The molecule has 0 atom stereocenters. The lowest BCUT2D eigenvalue weighted by atomic mass is 10.1. The SMILES string of the molecule is CCN1N=C(c2ccccc2Cl)N(CCO)N=C1c1ccccc1Cl. The van der Waals surface area contributed by atoms with Crippen molar-refractivity contribution in [2.75, 3.05) is 19.7 Å². The Bertz CT molecular complexity index is 822. The fourth-order valence-electron chi connectivity index (χ4n) is 2.57. The monoisotopic (exact) mass is 376 g/mol. The number of hydrazone groups is 2. The first kappa shape index (κ1) is 17.7. The predicted octanol–water partition coefficient (Wildman–Crippen LogP) is 3.65. The van der Waals surface area contributed by atoms with Crippen LogP contribution in [0.2, 0.25) is 10.0 Å². The molecular formula is C18H18Cl2N4O. The molecule has 5 nitrogen and oxygen atoms in total. The van der Waals surface area contributed by atoms with E-state index in [1.165, 1.54) is 0 Å². The van der Waals surface area contributed by atoms with Crippen molar-refractivity contribution in [2.45, 2.75) is 6.92 Å². The highest BCUT2D eigenvalue weighted by atomic mass is 35.5. The summed E-state index contributed by atoms with van der Waals surface area (Å²) in [6, 6.07) is 14.9. The maximum atomic E-state index is 9.45. The number of β-amino-alcohol motifs (C(OH)–C–C–N with tert-alkyl or cyclic N) is 1. The number of amidine groups is 2. The highest BCUT2D eigenvalue weighted by molar-refractivity contribution is 6.35. The minimum absolute atomic E-state index is 0.0606. The van der Waals surface area contributed by atoms with Crippen molar-refractivity contribution >= 4 is 34.9 Å². The lowest BCUT2D eigenvalue weighted by Crippen LogP contribution is -2.42. The normalized spacial score (nSPS) is 14.4.